The lowest BCUT2D eigenvalue weighted by molar-refractivity contribution is -0.121. The molecule has 0 bridgehead atoms. The lowest BCUT2D eigenvalue weighted by Crippen LogP contribution is -2.28. The van der Waals surface area contributed by atoms with E-state index in [0.717, 1.165) is 24.5 Å². The summed E-state index contributed by atoms with van der Waals surface area (Å²) in [4.78, 5) is 22.9. The molecule has 1 saturated heterocycles. The first-order valence-corrected chi connectivity index (χ1v) is 12.1. The first-order valence-electron chi connectivity index (χ1n) is 9.68. The van der Waals surface area contributed by atoms with Crippen molar-refractivity contribution in [1.82, 2.24) is 10.6 Å². The first-order chi connectivity index (χ1) is 12.2. The van der Waals surface area contributed by atoms with Crippen molar-refractivity contribution >= 4 is 33.4 Å². The largest absolute Gasteiger partial charge is 0.356 e. The van der Waals surface area contributed by atoms with Crippen LogP contribution in [0.1, 0.15) is 71.1 Å². The number of allylic oxidation sites excluding steroid dienone is 1. The Morgan fingerprint density at radius 1 is 1.00 bits per heavy atom. The minimum Gasteiger partial charge on any atom is -0.356 e. The third-order valence-electron chi connectivity index (χ3n) is 4.20. The highest BCUT2D eigenvalue weighted by Gasteiger charge is 2.15. The predicted molar refractivity (Wildman–Crippen MR) is 111 cm³/mol. The number of rotatable bonds is 14. The Bertz CT molecular complexity index is 397. The summed E-state index contributed by atoms with van der Waals surface area (Å²) in [5.74, 6) is 1.40. The van der Waals surface area contributed by atoms with Crippen LogP contribution in [0.3, 0.4) is 0 Å². The van der Waals surface area contributed by atoms with Gasteiger partial charge in [0, 0.05) is 30.5 Å². The molecular weight excluding hydrogens is 352 g/mol. The van der Waals surface area contributed by atoms with Crippen LogP contribution in [0.4, 0.5) is 0 Å². The number of nitrogens with one attached hydrogen (secondary N) is 2. The smallest absolute Gasteiger partial charge is 0.243 e. The molecule has 1 aliphatic heterocycles. The van der Waals surface area contributed by atoms with E-state index in [1.807, 2.05) is 17.7 Å². The second-order valence-corrected chi connectivity index (χ2v) is 9.27. The van der Waals surface area contributed by atoms with Gasteiger partial charge in [-0.1, -0.05) is 59.8 Å². The molecule has 0 radical (unpaired) electrons. The highest BCUT2D eigenvalue weighted by Crippen LogP contribution is 2.39. The summed E-state index contributed by atoms with van der Waals surface area (Å²) in [6.07, 6.45) is 14.8. The molecule has 1 unspecified atom stereocenters. The molecule has 0 aromatic rings. The molecule has 0 aromatic heterocycles. The molecule has 1 fully saturated rings. The standard InChI is InChI=1S/C19H34N2O2S2/c1-2-10-18(22)20-14-9-15-21-19(23)12-8-6-4-3-5-7-11-17-13-16-24-25-17/h2,10,17H,3-9,11-16H2,1H3,(H,20,22)(H,21,23). The van der Waals surface area contributed by atoms with Gasteiger partial charge < -0.3 is 10.6 Å². The van der Waals surface area contributed by atoms with Crippen molar-refractivity contribution in [2.75, 3.05) is 18.8 Å². The van der Waals surface area contributed by atoms with Gasteiger partial charge in [0.15, 0.2) is 0 Å². The zero-order valence-corrected chi connectivity index (χ0v) is 17.2. The summed E-state index contributed by atoms with van der Waals surface area (Å²) < 4.78 is 0. The van der Waals surface area contributed by atoms with Crippen LogP contribution in [0.25, 0.3) is 0 Å². The summed E-state index contributed by atoms with van der Waals surface area (Å²) in [5, 5.41) is 6.60. The van der Waals surface area contributed by atoms with Crippen LogP contribution >= 0.6 is 21.6 Å². The first kappa shape index (κ1) is 22.4. The van der Waals surface area contributed by atoms with Gasteiger partial charge in [0.25, 0.3) is 0 Å². The average Bonchev–Trinajstić information content (AvgIpc) is 3.10. The van der Waals surface area contributed by atoms with Crippen LogP contribution in [-0.4, -0.2) is 35.9 Å². The molecule has 2 N–H and O–H groups in total. The number of amides is 2. The van der Waals surface area contributed by atoms with Crippen molar-refractivity contribution in [3.8, 4) is 0 Å². The van der Waals surface area contributed by atoms with Gasteiger partial charge in [0.2, 0.25) is 11.8 Å². The Morgan fingerprint density at radius 3 is 2.44 bits per heavy atom. The molecule has 144 valence electrons. The molecule has 0 aromatic carbocycles. The maximum Gasteiger partial charge on any atom is 0.243 e. The molecule has 1 heterocycles. The van der Waals surface area contributed by atoms with Gasteiger partial charge >= 0.3 is 0 Å². The number of hydrogen-bond donors (Lipinski definition) is 2. The molecule has 1 rings (SSSR count). The van der Waals surface area contributed by atoms with E-state index in [-0.39, 0.29) is 11.8 Å². The molecule has 0 aliphatic carbocycles. The summed E-state index contributed by atoms with van der Waals surface area (Å²) in [5.41, 5.74) is 0. The minimum atomic E-state index is -0.0743. The molecule has 4 nitrogen and oxygen atoms in total. The van der Waals surface area contributed by atoms with Crippen molar-refractivity contribution < 1.29 is 9.59 Å². The summed E-state index contributed by atoms with van der Waals surface area (Å²) >= 11 is 0. The lowest BCUT2D eigenvalue weighted by Gasteiger charge is -2.07. The highest BCUT2D eigenvalue weighted by atomic mass is 33.1. The van der Waals surface area contributed by atoms with E-state index in [1.165, 1.54) is 50.4 Å². The van der Waals surface area contributed by atoms with E-state index >= 15 is 0 Å². The third-order valence-corrected chi connectivity index (χ3v) is 7.21. The van der Waals surface area contributed by atoms with Crippen LogP contribution in [-0.2, 0) is 9.59 Å². The molecule has 6 heteroatoms. The third kappa shape index (κ3) is 13.3. The molecule has 25 heavy (non-hydrogen) atoms. The maximum absolute atomic E-state index is 11.7. The monoisotopic (exact) mass is 386 g/mol. The summed E-state index contributed by atoms with van der Waals surface area (Å²) in [7, 11) is 4.11. The molecule has 1 aliphatic rings. The van der Waals surface area contributed by atoms with Gasteiger partial charge in [0.1, 0.15) is 0 Å². The van der Waals surface area contributed by atoms with Gasteiger partial charge in [-0.25, -0.2) is 0 Å². The lowest BCUT2D eigenvalue weighted by atomic mass is 10.1. The van der Waals surface area contributed by atoms with Crippen LogP contribution < -0.4 is 10.6 Å². The Labute approximate surface area is 161 Å². The van der Waals surface area contributed by atoms with Crippen LogP contribution in [0.5, 0.6) is 0 Å². The number of unbranched alkanes of at least 4 members (excludes halogenated alkanes) is 5. The van der Waals surface area contributed by atoms with Crippen LogP contribution in [0, 0.1) is 0 Å². The zero-order chi connectivity index (χ0) is 18.2. The van der Waals surface area contributed by atoms with Crippen LogP contribution in [0.15, 0.2) is 12.2 Å². The molecular formula is C19H34N2O2S2. The van der Waals surface area contributed by atoms with Crippen molar-refractivity contribution in [1.29, 1.82) is 0 Å². The molecule has 0 spiro atoms. The summed E-state index contributed by atoms with van der Waals surface area (Å²) in [6, 6.07) is 0. The number of carbonyl (C=O) groups is 2. The molecule has 2 amide bonds. The fourth-order valence-corrected chi connectivity index (χ4v) is 5.78. The SMILES string of the molecule is CC=CC(=O)NCCCNC(=O)CCCCCCCCC1CCSS1. The Morgan fingerprint density at radius 2 is 1.72 bits per heavy atom. The van der Waals surface area contributed by atoms with E-state index < -0.39 is 0 Å². The topological polar surface area (TPSA) is 58.2 Å². The molecule has 0 saturated carbocycles. The quantitative estimate of drug-likeness (QED) is 0.263. The zero-order valence-electron chi connectivity index (χ0n) is 15.6. The van der Waals surface area contributed by atoms with Gasteiger partial charge in [-0.05, 0) is 38.7 Å². The van der Waals surface area contributed by atoms with Crippen molar-refractivity contribution in [2.45, 2.75) is 76.4 Å². The highest BCUT2D eigenvalue weighted by molar-refractivity contribution is 8.77. The number of carbonyl (C=O) groups excluding carboxylic acids is 2. The van der Waals surface area contributed by atoms with Gasteiger partial charge in [0.05, 0.1) is 0 Å². The fourth-order valence-electron chi connectivity index (χ4n) is 2.76. The fraction of sp³-hybridized carbons (Fsp3) is 0.789. The average molecular weight is 387 g/mol. The second-order valence-electron chi connectivity index (χ2n) is 6.48. The van der Waals surface area contributed by atoms with E-state index in [2.05, 4.69) is 21.4 Å². The van der Waals surface area contributed by atoms with Gasteiger partial charge in [-0.2, -0.15) is 0 Å². The van der Waals surface area contributed by atoms with Gasteiger partial charge in [-0.15, -0.1) is 0 Å². The Balaban J connectivity index is 1.79. The van der Waals surface area contributed by atoms with E-state index in [0.29, 0.717) is 19.5 Å². The molecule has 1 atom stereocenters. The second kappa shape index (κ2) is 15.6. The Kier molecular flexibility index (Phi) is 14.0. The predicted octanol–water partition coefficient (Wildman–Crippen LogP) is 4.46. The van der Waals surface area contributed by atoms with Crippen molar-refractivity contribution in [2.24, 2.45) is 0 Å². The normalized spacial score (nSPS) is 17.1. The minimum absolute atomic E-state index is 0.0743. The van der Waals surface area contributed by atoms with E-state index in [1.54, 1.807) is 6.08 Å². The number of hydrogen-bond acceptors (Lipinski definition) is 4. The van der Waals surface area contributed by atoms with Gasteiger partial charge in [-0.3, -0.25) is 9.59 Å². The Hall–Kier alpha value is -0.620. The van der Waals surface area contributed by atoms with E-state index in [9.17, 15) is 9.59 Å². The van der Waals surface area contributed by atoms with E-state index in [4.69, 9.17) is 0 Å². The van der Waals surface area contributed by atoms with Crippen molar-refractivity contribution in [3.05, 3.63) is 12.2 Å². The maximum atomic E-state index is 11.7. The van der Waals surface area contributed by atoms with Crippen LogP contribution in [0.2, 0.25) is 0 Å². The van der Waals surface area contributed by atoms with Crippen molar-refractivity contribution in [3.63, 3.8) is 0 Å². The summed E-state index contributed by atoms with van der Waals surface area (Å²) in [6.45, 7) is 3.04.